The van der Waals surface area contributed by atoms with Gasteiger partial charge in [-0.25, -0.2) is 0 Å². The van der Waals surface area contributed by atoms with Crippen molar-refractivity contribution in [3.05, 3.63) is 65.7 Å². The Morgan fingerprint density at radius 2 is 1.76 bits per heavy atom. The Bertz CT molecular complexity index is 579. The van der Waals surface area contributed by atoms with Gasteiger partial charge in [-0.15, -0.1) is 0 Å². The summed E-state index contributed by atoms with van der Waals surface area (Å²) in [4.78, 5) is 0. The van der Waals surface area contributed by atoms with Crippen LogP contribution in [0, 0.1) is 0 Å². The molecular formula is C19H23NO. The molecule has 0 saturated carbocycles. The van der Waals surface area contributed by atoms with Gasteiger partial charge in [-0.2, -0.15) is 0 Å². The van der Waals surface area contributed by atoms with Gasteiger partial charge in [-0.05, 0) is 50.1 Å². The predicted octanol–water partition coefficient (Wildman–Crippen LogP) is 4.29. The maximum absolute atomic E-state index is 5.83. The first-order valence-electron chi connectivity index (χ1n) is 7.79. The van der Waals surface area contributed by atoms with Crippen molar-refractivity contribution in [1.82, 2.24) is 5.32 Å². The molecule has 1 aliphatic heterocycles. The van der Waals surface area contributed by atoms with Gasteiger partial charge in [0.15, 0.2) is 0 Å². The van der Waals surface area contributed by atoms with E-state index in [0.717, 1.165) is 12.3 Å². The van der Waals surface area contributed by atoms with Crippen molar-refractivity contribution in [1.29, 1.82) is 0 Å². The second-order valence-electron chi connectivity index (χ2n) is 5.98. The van der Waals surface area contributed by atoms with Crippen LogP contribution >= 0.6 is 0 Å². The van der Waals surface area contributed by atoms with E-state index in [1.165, 1.54) is 17.5 Å². The molecule has 0 amide bonds. The zero-order valence-electron chi connectivity index (χ0n) is 12.8. The Hall–Kier alpha value is -1.80. The molecule has 0 spiro atoms. The molecule has 1 heterocycles. The molecule has 1 fully saturated rings. The molecule has 0 radical (unpaired) electrons. The van der Waals surface area contributed by atoms with Gasteiger partial charge in [0.05, 0.1) is 6.10 Å². The smallest absolute Gasteiger partial charge is 0.119 e. The molecule has 1 aliphatic rings. The first kappa shape index (κ1) is 14.2. The fraction of sp³-hybridized carbons (Fsp3) is 0.368. The molecule has 0 bridgehead atoms. The fourth-order valence-corrected chi connectivity index (χ4v) is 3.16. The first-order valence-corrected chi connectivity index (χ1v) is 7.79. The lowest BCUT2D eigenvalue weighted by Crippen LogP contribution is -2.17. The van der Waals surface area contributed by atoms with Crippen LogP contribution in [0.3, 0.4) is 0 Å². The highest BCUT2D eigenvalue weighted by atomic mass is 16.5. The lowest BCUT2D eigenvalue weighted by molar-refractivity contribution is 0.242. The van der Waals surface area contributed by atoms with Crippen LogP contribution in [0.25, 0.3) is 0 Å². The van der Waals surface area contributed by atoms with Crippen LogP contribution in [-0.4, -0.2) is 12.6 Å². The molecule has 0 aliphatic carbocycles. The summed E-state index contributed by atoms with van der Waals surface area (Å²) < 4.78 is 5.83. The normalized spacial score (nSPS) is 21.7. The van der Waals surface area contributed by atoms with Gasteiger partial charge in [-0.3, -0.25) is 0 Å². The van der Waals surface area contributed by atoms with Gasteiger partial charge in [-0.1, -0.05) is 42.5 Å². The van der Waals surface area contributed by atoms with Crippen LogP contribution in [0.2, 0.25) is 0 Å². The molecule has 2 aromatic carbocycles. The van der Waals surface area contributed by atoms with Gasteiger partial charge in [0.1, 0.15) is 5.75 Å². The Balaban J connectivity index is 1.85. The zero-order valence-corrected chi connectivity index (χ0v) is 12.8. The number of hydrogen-bond donors (Lipinski definition) is 1. The molecule has 2 heteroatoms. The lowest BCUT2D eigenvalue weighted by Gasteiger charge is -2.21. The van der Waals surface area contributed by atoms with Crippen molar-refractivity contribution in [2.75, 3.05) is 6.54 Å². The van der Waals surface area contributed by atoms with Crippen LogP contribution in [0.15, 0.2) is 54.6 Å². The molecule has 2 unspecified atom stereocenters. The summed E-state index contributed by atoms with van der Waals surface area (Å²) >= 11 is 0. The highest BCUT2D eigenvalue weighted by Crippen LogP contribution is 2.38. The third kappa shape index (κ3) is 3.27. The molecule has 0 aromatic heterocycles. The van der Waals surface area contributed by atoms with E-state index >= 15 is 0 Å². The van der Waals surface area contributed by atoms with Crippen LogP contribution in [0.1, 0.15) is 43.4 Å². The van der Waals surface area contributed by atoms with Gasteiger partial charge in [0.25, 0.3) is 0 Å². The number of nitrogens with one attached hydrogen (secondary N) is 1. The van der Waals surface area contributed by atoms with Gasteiger partial charge in [0.2, 0.25) is 0 Å². The average molecular weight is 281 g/mol. The minimum Gasteiger partial charge on any atom is -0.491 e. The van der Waals surface area contributed by atoms with Gasteiger partial charge < -0.3 is 10.1 Å². The van der Waals surface area contributed by atoms with Crippen molar-refractivity contribution < 1.29 is 4.74 Å². The lowest BCUT2D eigenvalue weighted by atomic mass is 9.88. The summed E-state index contributed by atoms with van der Waals surface area (Å²) in [5.74, 6) is 1.49. The van der Waals surface area contributed by atoms with Crippen LogP contribution in [-0.2, 0) is 0 Å². The summed E-state index contributed by atoms with van der Waals surface area (Å²) in [6.07, 6.45) is 1.39. The summed E-state index contributed by atoms with van der Waals surface area (Å²) in [7, 11) is 0. The molecule has 2 aromatic rings. The zero-order chi connectivity index (χ0) is 14.7. The molecule has 1 N–H and O–H groups in total. The van der Waals surface area contributed by atoms with Gasteiger partial charge >= 0.3 is 0 Å². The van der Waals surface area contributed by atoms with Crippen LogP contribution < -0.4 is 10.1 Å². The molecule has 1 saturated heterocycles. The summed E-state index contributed by atoms with van der Waals surface area (Å²) in [6.45, 7) is 5.20. The predicted molar refractivity (Wildman–Crippen MR) is 86.7 cm³/mol. The van der Waals surface area contributed by atoms with E-state index in [0.29, 0.717) is 12.0 Å². The summed E-state index contributed by atoms with van der Waals surface area (Å²) in [6, 6.07) is 19.7. The maximum atomic E-state index is 5.83. The quantitative estimate of drug-likeness (QED) is 0.902. The standard InChI is InChI=1S/C19H23NO/c1-14(2)21-17-10-6-9-16(13-17)18-11-12-20-19(18)15-7-4-3-5-8-15/h3-10,13-14,18-20H,11-12H2,1-2H3. The molecule has 21 heavy (non-hydrogen) atoms. The van der Waals surface area contributed by atoms with E-state index < -0.39 is 0 Å². The third-order valence-electron chi connectivity index (χ3n) is 4.04. The second kappa shape index (κ2) is 6.31. The largest absolute Gasteiger partial charge is 0.491 e. The van der Waals surface area contributed by atoms with E-state index in [9.17, 15) is 0 Å². The monoisotopic (exact) mass is 281 g/mol. The topological polar surface area (TPSA) is 21.3 Å². The third-order valence-corrected chi connectivity index (χ3v) is 4.04. The number of benzene rings is 2. The number of ether oxygens (including phenoxy) is 1. The van der Waals surface area contributed by atoms with Gasteiger partial charge in [0, 0.05) is 12.0 Å². The summed E-state index contributed by atoms with van der Waals surface area (Å²) in [5.41, 5.74) is 2.74. The second-order valence-corrected chi connectivity index (χ2v) is 5.98. The van der Waals surface area contributed by atoms with Crippen LogP contribution in [0.5, 0.6) is 5.75 Å². The molecule has 3 rings (SSSR count). The highest BCUT2D eigenvalue weighted by molar-refractivity contribution is 5.35. The Morgan fingerprint density at radius 1 is 1.00 bits per heavy atom. The van der Waals surface area contributed by atoms with E-state index in [2.05, 4.69) is 67.7 Å². The number of hydrogen-bond acceptors (Lipinski definition) is 2. The first-order chi connectivity index (χ1) is 10.2. The molecule has 110 valence electrons. The number of rotatable bonds is 4. The Kier molecular flexibility index (Phi) is 4.26. The van der Waals surface area contributed by atoms with E-state index in [-0.39, 0.29) is 6.10 Å². The van der Waals surface area contributed by atoms with Crippen molar-refractivity contribution in [2.24, 2.45) is 0 Å². The van der Waals surface area contributed by atoms with Crippen molar-refractivity contribution >= 4 is 0 Å². The molecule has 2 atom stereocenters. The van der Waals surface area contributed by atoms with E-state index in [4.69, 9.17) is 4.74 Å². The van der Waals surface area contributed by atoms with Crippen molar-refractivity contribution in [3.8, 4) is 5.75 Å². The Morgan fingerprint density at radius 3 is 2.52 bits per heavy atom. The van der Waals surface area contributed by atoms with Crippen molar-refractivity contribution in [3.63, 3.8) is 0 Å². The minimum absolute atomic E-state index is 0.215. The minimum atomic E-state index is 0.215. The summed E-state index contributed by atoms with van der Waals surface area (Å²) in [5, 5.41) is 3.64. The maximum Gasteiger partial charge on any atom is 0.119 e. The average Bonchev–Trinajstić information content (AvgIpc) is 2.97. The van der Waals surface area contributed by atoms with E-state index in [1.807, 2.05) is 6.07 Å². The van der Waals surface area contributed by atoms with Crippen LogP contribution in [0.4, 0.5) is 0 Å². The van der Waals surface area contributed by atoms with E-state index in [1.54, 1.807) is 0 Å². The SMILES string of the molecule is CC(C)Oc1cccc(C2CCNC2c2ccccc2)c1. The fourth-order valence-electron chi connectivity index (χ4n) is 3.16. The highest BCUT2D eigenvalue weighted by Gasteiger charge is 2.29. The molecular weight excluding hydrogens is 258 g/mol. The van der Waals surface area contributed by atoms with Crippen molar-refractivity contribution in [2.45, 2.75) is 38.3 Å². The Labute approximate surface area is 127 Å². The molecule has 2 nitrogen and oxygen atoms in total.